The maximum absolute atomic E-state index is 13.9. The number of hydrogen-bond donors (Lipinski definition) is 3. The third-order valence-electron chi connectivity index (χ3n) is 7.27. The summed E-state index contributed by atoms with van der Waals surface area (Å²) in [4.78, 5) is 18.8. The van der Waals surface area contributed by atoms with E-state index in [9.17, 15) is 18.7 Å². The van der Waals surface area contributed by atoms with Crippen molar-refractivity contribution in [3.8, 4) is 0 Å². The van der Waals surface area contributed by atoms with Gasteiger partial charge in [-0.1, -0.05) is 44.2 Å². The molecule has 3 N–H and O–H groups in total. The Labute approximate surface area is 223 Å². The second-order valence-electron chi connectivity index (χ2n) is 10.4. The molecule has 3 aromatic rings. The maximum atomic E-state index is 13.9. The summed E-state index contributed by atoms with van der Waals surface area (Å²) in [6.07, 6.45) is 1.52. The van der Waals surface area contributed by atoms with Gasteiger partial charge in [-0.05, 0) is 66.3 Å². The van der Waals surface area contributed by atoms with Gasteiger partial charge in [-0.3, -0.25) is 4.79 Å². The van der Waals surface area contributed by atoms with Crippen LogP contribution in [0.25, 0.3) is 0 Å². The Kier molecular flexibility index (Phi) is 8.74. The lowest BCUT2D eigenvalue weighted by Gasteiger charge is -2.44. The number of nitrogens with zero attached hydrogens (tertiary/aromatic N) is 2. The van der Waals surface area contributed by atoms with E-state index in [0.717, 1.165) is 24.6 Å². The van der Waals surface area contributed by atoms with Crippen LogP contribution in [0.15, 0.2) is 66.9 Å². The summed E-state index contributed by atoms with van der Waals surface area (Å²) < 4.78 is 27.8. The van der Waals surface area contributed by atoms with Crippen molar-refractivity contribution in [3.05, 3.63) is 95.2 Å². The number of nitrogens with one attached hydrogen (secondary N) is 2. The minimum Gasteiger partial charge on any atom is -0.389 e. The van der Waals surface area contributed by atoms with Crippen LogP contribution >= 0.6 is 0 Å². The van der Waals surface area contributed by atoms with Crippen LogP contribution in [0.5, 0.6) is 0 Å². The summed E-state index contributed by atoms with van der Waals surface area (Å²) in [5, 5.41) is 17.8. The zero-order chi connectivity index (χ0) is 27.3. The topological polar surface area (TPSA) is 77.5 Å². The van der Waals surface area contributed by atoms with Crippen molar-refractivity contribution in [2.24, 2.45) is 0 Å². The van der Waals surface area contributed by atoms with Crippen LogP contribution < -0.4 is 15.5 Å². The lowest BCUT2D eigenvalue weighted by molar-refractivity contribution is -0.120. The first-order valence-electron chi connectivity index (χ1n) is 13.1. The van der Waals surface area contributed by atoms with E-state index in [4.69, 9.17) is 0 Å². The SMILES string of the molecule is CC(=O)N[C@@H](Cc1cc(F)cc(F)c1)[C@H](O)CN(c1ccccn1)C1(c2cccc(C(C)C)c2)CCNC1. The molecule has 3 atom stereocenters. The van der Waals surface area contributed by atoms with Crippen LogP contribution in [0.1, 0.15) is 49.8 Å². The van der Waals surface area contributed by atoms with Gasteiger partial charge in [-0.15, -0.1) is 0 Å². The van der Waals surface area contributed by atoms with E-state index in [1.165, 1.54) is 24.6 Å². The Balaban J connectivity index is 1.72. The van der Waals surface area contributed by atoms with Gasteiger partial charge in [0.25, 0.3) is 0 Å². The summed E-state index contributed by atoms with van der Waals surface area (Å²) in [7, 11) is 0. The second-order valence-corrected chi connectivity index (χ2v) is 10.4. The molecule has 1 aliphatic heterocycles. The van der Waals surface area contributed by atoms with Gasteiger partial charge in [0.05, 0.1) is 17.7 Å². The summed E-state index contributed by atoms with van der Waals surface area (Å²) >= 11 is 0. The second kappa shape index (κ2) is 12.0. The normalized spacial score (nSPS) is 18.8. The molecule has 38 heavy (non-hydrogen) atoms. The molecule has 0 aliphatic carbocycles. The number of halogens is 2. The first-order chi connectivity index (χ1) is 18.2. The minimum absolute atomic E-state index is 0.0690. The molecule has 0 saturated carbocycles. The highest BCUT2D eigenvalue weighted by molar-refractivity contribution is 5.73. The van der Waals surface area contributed by atoms with Crippen molar-refractivity contribution >= 4 is 11.7 Å². The van der Waals surface area contributed by atoms with Crippen LogP contribution in [-0.2, 0) is 16.8 Å². The molecule has 202 valence electrons. The van der Waals surface area contributed by atoms with E-state index in [1.54, 1.807) is 6.20 Å². The molecule has 1 unspecified atom stereocenters. The first-order valence-corrected chi connectivity index (χ1v) is 13.1. The number of aliphatic hydroxyl groups is 1. The fourth-order valence-corrected chi connectivity index (χ4v) is 5.34. The highest BCUT2D eigenvalue weighted by Gasteiger charge is 2.43. The molecule has 1 aliphatic rings. The Morgan fingerprint density at radius 1 is 1.13 bits per heavy atom. The molecule has 1 saturated heterocycles. The van der Waals surface area contributed by atoms with Gasteiger partial charge >= 0.3 is 0 Å². The number of anilines is 1. The van der Waals surface area contributed by atoms with Crippen molar-refractivity contribution in [1.82, 2.24) is 15.6 Å². The van der Waals surface area contributed by atoms with Crippen molar-refractivity contribution < 1.29 is 18.7 Å². The molecule has 2 heterocycles. The van der Waals surface area contributed by atoms with Crippen LogP contribution in [0.2, 0.25) is 0 Å². The van der Waals surface area contributed by atoms with Crippen molar-refractivity contribution in [2.45, 2.75) is 57.2 Å². The number of pyridine rings is 1. The Morgan fingerprint density at radius 2 is 1.89 bits per heavy atom. The van der Waals surface area contributed by atoms with E-state index in [-0.39, 0.29) is 18.9 Å². The number of benzene rings is 2. The highest BCUT2D eigenvalue weighted by Crippen LogP contribution is 2.39. The molecular weight excluding hydrogens is 486 g/mol. The van der Waals surface area contributed by atoms with Crippen LogP contribution in [0, 0.1) is 11.6 Å². The molecule has 6 nitrogen and oxygen atoms in total. The fraction of sp³-hybridized carbons (Fsp3) is 0.400. The molecule has 0 bridgehead atoms. The highest BCUT2D eigenvalue weighted by atomic mass is 19.1. The molecule has 2 aromatic carbocycles. The van der Waals surface area contributed by atoms with Gasteiger partial charge in [0, 0.05) is 32.3 Å². The molecule has 1 fully saturated rings. The molecule has 1 amide bonds. The maximum Gasteiger partial charge on any atom is 0.217 e. The summed E-state index contributed by atoms with van der Waals surface area (Å²) in [6.45, 7) is 7.27. The number of carbonyl (C=O) groups is 1. The average molecular weight is 523 g/mol. The van der Waals surface area contributed by atoms with Crippen LogP contribution in [0.3, 0.4) is 0 Å². The predicted molar refractivity (Wildman–Crippen MR) is 145 cm³/mol. The lowest BCUT2D eigenvalue weighted by Crippen LogP contribution is -2.56. The largest absolute Gasteiger partial charge is 0.389 e. The van der Waals surface area contributed by atoms with Gasteiger partial charge in [-0.25, -0.2) is 13.8 Å². The van der Waals surface area contributed by atoms with Gasteiger partial charge in [-0.2, -0.15) is 0 Å². The Hall–Kier alpha value is -3.36. The molecule has 4 rings (SSSR count). The third kappa shape index (κ3) is 6.37. The average Bonchev–Trinajstić information content (AvgIpc) is 3.37. The van der Waals surface area contributed by atoms with E-state index in [0.29, 0.717) is 23.8 Å². The molecule has 1 aromatic heterocycles. The predicted octanol–water partition coefficient (Wildman–Crippen LogP) is 4.29. The van der Waals surface area contributed by atoms with E-state index in [2.05, 4.69) is 58.6 Å². The first kappa shape index (κ1) is 27.7. The number of aliphatic hydroxyl groups excluding tert-OH is 1. The zero-order valence-electron chi connectivity index (χ0n) is 22.1. The Bertz CT molecular complexity index is 1210. The van der Waals surface area contributed by atoms with Gasteiger partial charge in [0.1, 0.15) is 17.5 Å². The number of carbonyl (C=O) groups excluding carboxylic acids is 1. The number of hydrogen-bond acceptors (Lipinski definition) is 5. The third-order valence-corrected chi connectivity index (χ3v) is 7.27. The van der Waals surface area contributed by atoms with Gasteiger partial charge in [0.2, 0.25) is 5.91 Å². The minimum atomic E-state index is -1.06. The van der Waals surface area contributed by atoms with E-state index in [1.807, 2.05) is 18.2 Å². The Morgan fingerprint density at radius 3 is 2.50 bits per heavy atom. The molecule has 0 radical (unpaired) electrons. The van der Waals surface area contributed by atoms with Gasteiger partial charge in [0.15, 0.2) is 0 Å². The van der Waals surface area contributed by atoms with E-state index < -0.39 is 29.3 Å². The molecule has 8 heteroatoms. The number of rotatable bonds is 10. The lowest BCUT2D eigenvalue weighted by atomic mass is 9.84. The van der Waals surface area contributed by atoms with Crippen molar-refractivity contribution in [2.75, 3.05) is 24.5 Å². The quantitative estimate of drug-likeness (QED) is 0.371. The summed E-state index contributed by atoms with van der Waals surface area (Å²) in [5.74, 6) is -0.689. The van der Waals surface area contributed by atoms with Crippen LogP contribution in [-0.4, -0.2) is 47.8 Å². The number of amides is 1. The number of aromatic nitrogens is 1. The molecule has 0 spiro atoms. The van der Waals surface area contributed by atoms with E-state index >= 15 is 0 Å². The smallest absolute Gasteiger partial charge is 0.217 e. The van der Waals surface area contributed by atoms with Crippen LogP contribution in [0.4, 0.5) is 14.6 Å². The standard InChI is InChI=1S/C30H36F2N4O2/c1-20(2)23-7-6-8-24(16-23)30(10-12-33-19-30)36(29-9-4-5-11-34-29)18-28(38)27(35-21(3)37)15-22-13-25(31)17-26(32)14-22/h4-9,11,13-14,16-17,20,27-28,33,38H,10,12,15,18-19H2,1-3H3,(H,35,37)/t27-,28+,30?/m0/s1. The zero-order valence-corrected chi connectivity index (χ0v) is 22.1. The monoisotopic (exact) mass is 522 g/mol. The molecular formula is C30H36F2N4O2. The van der Waals surface area contributed by atoms with Crippen molar-refractivity contribution in [3.63, 3.8) is 0 Å². The van der Waals surface area contributed by atoms with Gasteiger partial charge < -0.3 is 20.6 Å². The fourth-order valence-electron chi connectivity index (χ4n) is 5.34. The summed E-state index contributed by atoms with van der Waals surface area (Å²) in [5.41, 5.74) is 2.20. The summed E-state index contributed by atoms with van der Waals surface area (Å²) in [6, 6.07) is 16.7. The van der Waals surface area contributed by atoms with Crippen molar-refractivity contribution in [1.29, 1.82) is 0 Å².